The van der Waals surface area contributed by atoms with E-state index in [1.165, 1.54) is 18.0 Å². The predicted molar refractivity (Wildman–Crippen MR) is 113 cm³/mol. The molecule has 0 fully saturated rings. The monoisotopic (exact) mass is 459 g/mol. The third-order valence-electron chi connectivity index (χ3n) is 4.49. The lowest BCUT2D eigenvalue weighted by atomic mass is 10.1. The van der Waals surface area contributed by atoms with E-state index in [-0.39, 0.29) is 22.0 Å². The van der Waals surface area contributed by atoms with Gasteiger partial charge in [0.05, 0.1) is 18.4 Å². The van der Waals surface area contributed by atoms with Gasteiger partial charge in [-0.1, -0.05) is 41.2 Å². The number of halogens is 3. The Morgan fingerprint density at radius 1 is 1.12 bits per heavy atom. The maximum atomic E-state index is 13.0. The second-order valence-electron chi connectivity index (χ2n) is 6.77. The molecule has 0 radical (unpaired) electrons. The highest BCUT2D eigenvalue weighted by Gasteiger charge is 2.36. The van der Waals surface area contributed by atoms with Gasteiger partial charge in [0.25, 0.3) is 5.91 Å². The van der Waals surface area contributed by atoms with Crippen LogP contribution in [-0.4, -0.2) is 33.0 Å². The van der Waals surface area contributed by atoms with Crippen LogP contribution >= 0.6 is 11.3 Å². The van der Waals surface area contributed by atoms with Crippen LogP contribution in [-0.2, 0) is 6.18 Å². The lowest BCUT2D eigenvalue weighted by Gasteiger charge is -2.05. The number of alkyl halides is 3. The molecule has 0 unspecified atom stereocenters. The molecule has 0 aliphatic carbocycles. The number of hydrogen-bond donors (Lipinski definition) is 1. The van der Waals surface area contributed by atoms with Crippen LogP contribution in [0.2, 0.25) is 0 Å². The van der Waals surface area contributed by atoms with Crippen LogP contribution in [0.4, 0.5) is 18.3 Å². The van der Waals surface area contributed by atoms with Crippen molar-refractivity contribution in [1.82, 2.24) is 20.0 Å². The van der Waals surface area contributed by atoms with Gasteiger partial charge >= 0.3 is 6.18 Å². The molecule has 4 rings (SSSR count). The maximum Gasteiger partial charge on any atom is 0.445 e. The van der Waals surface area contributed by atoms with Crippen molar-refractivity contribution in [2.75, 3.05) is 12.4 Å². The molecule has 0 saturated heterocycles. The van der Waals surface area contributed by atoms with E-state index < -0.39 is 17.1 Å². The SMILES string of the molecule is COc1cccc(-c2nn(-c3ccc(C)cc3)cc2C(=O)Nc2nnc(C(F)(F)F)s2)c1. The molecular weight excluding hydrogens is 443 g/mol. The third-order valence-corrected chi connectivity index (χ3v) is 5.37. The van der Waals surface area contributed by atoms with Crippen molar-refractivity contribution in [1.29, 1.82) is 0 Å². The summed E-state index contributed by atoms with van der Waals surface area (Å²) >= 11 is 0.249. The van der Waals surface area contributed by atoms with E-state index in [0.717, 1.165) is 5.56 Å². The highest BCUT2D eigenvalue weighted by atomic mass is 32.1. The van der Waals surface area contributed by atoms with E-state index in [1.54, 1.807) is 24.3 Å². The second kappa shape index (κ2) is 8.42. The van der Waals surface area contributed by atoms with Gasteiger partial charge in [0.2, 0.25) is 10.1 Å². The number of carbonyl (C=O) groups is 1. The zero-order chi connectivity index (χ0) is 22.9. The van der Waals surface area contributed by atoms with Gasteiger partial charge < -0.3 is 4.74 Å². The van der Waals surface area contributed by atoms with Crippen molar-refractivity contribution >= 4 is 22.4 Å². The molecule has 4 aromatic rings. The van der Waals surface area contributed by atoms with Crippen molar-refractivity contribution in [3.05, 3.63) is 70.9 Å². The fourth-order valence-corrected chi connectivity index (χ4v) is 3.51. The number of ether oxygens (including phenoxy) is 1. The normalized spacial score (nSPS) is 11.4. The molecule has 1 amide bonds. The van der Waals surface area contributed by atoms with Crippen LogP contribution in [0.5, 0.6) is 5.75 Å². The minimum atomic E-state index is -4.64. The fourth-order valence-electron chi connectivity index (χ4n) is 2.91. The topological polar surface area (TPSA) is 81.9 Å². The smallest absolute Gasteiger partial charge is 0.445 e. The second-order valence-corrected chi connectivity index (χ2v) is 7.75. The summed E-state index contributed by atoms with van der Waals surface area (Å²) in [6, 6.07) is 14.5. The Kier molecular flexibility index (Phi) is 5.66. The van der Waals surface area contributed by atoms with Crippen LogP contribution in [0.3, 0.4) is 0 Å². The molecule has 32 heavy (non-hydrogen) atoms. The molecule has 2 heterocycles. The van der Waals surface area contributed by atoms with E-state index in [2.05, 4.69) is 20.6 Å². The first-order valence-corrected chi connectivity index (χ1v) is 10.1. The van der Waals surface area contributed by atoms with Gasteiger partial charge in [-0.25, -0.2) is 4.68 Å². The van der Waals surface area contributed by atoms with E-state index in [1.807, 2.05) is 31.2 Å². The summed E-state index contributed by atoms with van der Waals surface area (Å²) in [5.41, 5.74) is 2.87. The molecule has 164 valence electrons. The van der Waals surface area contributed by atoms with Gasteiger partial charge in [-0.15, -0.1) is 10.2 Å². The average molecular weight is 459 g/mol. The van der Waals surface area contributed by atoms with Crippen LogP contribution in [0, 0.1) is 6.92 Å². The van der Waals surface area contributed by atoms with Gasteiger partial charge in [0, 0.05) is 11.8 Å². The van der Waals surface area contributed by atoms with Crippen molar-refractivity contribution in [2.45, 2.75) is 13.1 Å². The number of nitrogens with one attached hydrogen (secondary N) is 1. The van der Waals surface area contributed by atoms with Gasteiger partial charge in [0.1, 0.15) is 11.4 Å². The van der Waals surface area contributed by atoms with Crippen LogP contribution in [0.25, 0.3) is 16.9 Å². The van der Waals surface area contributed by atoms with Crippen molar-refractivity contribution in [3.63, 3.8) is 0 Å². The number of rotatable bonds is 5. The quantitative estimate of drug-likeness (QED) is 0.455. The van der Waals surface area contributed by atoms with Gasteiger partial charge in [-0.3, -0.25) is 10.1 Å². The molecule has 11 heteroatoms. The summed E-state index contributed by atoms with van der Waals surface area (Å²) in [5, 5.41) is 12.0. The number of benzene rings is 2. The average Bonchev–Trinajstić information content (AvgIpc) is 3.42. The molecule has 0 spiro atoms. The largest absolute Gasteiger partial charge is 0.497 e. The number of anilines is 1. The Morgan fingerprint density at radius 3 is 2.53 bits per heavy atom. The summed E-state index contributed by atoms with van der Waals surface area (Å²) in [4.78, 5) is 13.0. The van der Waals surface area contributed by atoms with E-state index >= 15 is 0 Å². The summed E-state index contributed by atoms with van der Waals surface area (Å²) in [7, 11) is 1.52. The summed E-state index contributed by atoms with van der Waals surface area (Å²) < 4.78 is 45.2. The standard InChI is InChI=1S/C21H16F3N5O2S/c1-12-6-8-14(9-7-12)29-11-16(17(28-29)13-4-3-5-15(10-13)31-2)18(30)25-20-27-26-19(32-20)21(22,23)24/h3-11H,1-2H3,(H,25,27,30). The molecule has 0 atom stereocenters. The molecule has 0 saturated carbocycles. The molecule has 2 aromatic carbocycles. The Bertz CT molecular complexity index is 1270. The van der Waals surface area contributed by atoms with Crippen LogP contribution in [0.15, 0.2) is 54.7 Å². The molecule has 0 aliphatic rings. The van der Waals surface area contributed by atoms with Gasteiger partial charge in [0.15, 0.2) is 0 Å². The Labute approximate surface area is 184 Å². The zero-order valence-electron chi connectivity index (χ0n) is 16.8. The Hall–Kier alpha value is -3.73. The first-order chi connectivity index (χ1) is 15.2. The summed E-state index contributed by atoms with van der Waals surface area (Å²) in [6.07, 6.45) is -3.12. The number of amides is 1. The first-order valence-electron chi connectivity index (χ1n) is 9.28. The third kappa shape index (κ3) is 4.47. The number of carbonyl (C=O) groups excluding carboxylic acids is 1. The molecule has 0 bridgehead atoms. The minimum Gasteiger partial charge on any atom is -0.497 e. The number of aromatic nitrogens is 4. The van der Waals surface area contributed by atoms with Crippen molar-refractivity contribution in [3.8, 4) is 22.7 Å². The number of nitrogens with zero attached hydrogens (tertiary/aromatic N) is 4. The summed E-state index contributed by atoms with van der Waals surface area (Å²) in [5.74, 6) is -0.0938. The van der Waals surface area contributed by atoms with Gasteiger partial charge in [-0.2, -0.15) is 18.3 Å². The fraction of sp³-hybridized carbons (Fsp3) is 0.143. The zero-order valence-corrected chi connectivity index (χ0v) is 17.7. The lowest BCUT2D eigenvalue weighted by molar-refractivity contribution is -0.138. The molecular formula is C21H16F3N5O2S. The maximum absolute atomic E-state index is 13.0. The number of aryl methyl sites for hydroxylation is 1. The first kappa shape index (κ1) is 21.5. The minimum absolute atomic E-state index is 0.155. The van der Waals surface area contributed by atoms with Crippen molar-refractivity contribution < 1.29 is 22.7 Å². The molecule has 2 aromatic heterocycles. The number of methoxy groups -OCH3 is 1. The predicted octanol–water partition coefficient (Wildman–Crippen LogP) is 4.98. The highest BCUT2D eigenvalue weighted by molar-refractivity contribution is 7.15. The van der Waals surface area contributed by atoms with Crippen molar-refractivity contribution in [2.24, 2.45) is 0 Å². The molecule has 1 N–H and O–H groups in total. The Balaban J connectivity index is 1.74. The molecule has 7 nitrogen and oxygen atoms in total. The Morgan fingerprint density at radius 2 is 1.88 bits per heavy atom. The summed E-state index contributed by atoms with van der Waals surface area (Å²) in [6.45, 7) is 1.95. The highest BCUT2D eigenvalue weighted by Crippen LogP contribution is 2.33. The van der Waals surface area contributed by atoms with Crippen LogP contribution < -0.4 is 10.1 Å². The van der Waals surface area contributed by atoms with Crippen LogP contribution in [0.1, 0.15) is 20.9 Å². The van der Waals surface area contributed by atoms with E-state index in [9.17, 15) is 18.0 Å². The molecule has 0 aliphatic heterocycles. The van der Waals surface area contributed by atoms with E-state index in [4.69, 9.17) is 4.74 Å². The number of hydrogen-bond acceptors (Lipinski definition) is 6. The lowest BCUT2D eigenvalue weighted by Crippen LogP contribution is -2.12. The van der Waals surface area contributed by atoms with Gasteiger partial charge in [-0.05, 0) is 31.2 Å². The van der Waals surface area contributed by atoms with E-state index in [0.29, 0.717) is 22.7 Å².